The molecule has 1 aliphatic rings. The van der Waals surface area contributed by atoms with Gasteiger partial charge in [0.1, 0.15) is 0 Å². The van der Waals surface area contributed by atoms with Crippen molar-refractivity contribution in [3.8, 4) is 0 Å². The van der Waals surface area contributed by atoms with Gasteiger partial charge in [0.05, 0.1) is 12.2 Å². The SMILES string of the molecule is CCS(=O)(=O)N1CCC(NC(=O)Cc2c(C)[nH]c3ccccc23)CC1. The molecule has 1 aromatic carbocycles. The van der Waals surface area contributed by atoms with Crippen molar-refractivity contribution in [1.82, 2.24) is 14.6 Å². The molecule has 0 radical (unpaired) electrons. The number of para-hydroxylation sites is 1. The molecule has 136 valence electrons. The Morgan fingerprint density at radius 3 is 2.64 bits per heavy atom. The molecule has 0 bridgehead atoms. The van der Waals surface area contributed by atoms with Gasteiger partial charge in [-0.15, -0.1) is 0 Å². The number of carbonyl (C=O) groups is 1. The van der Waals surface area contributed by atoms with Crippen molar-refractivity contribution < 1.29 is 13.2 Å². The van der Waals surface area contributed by atoms with Crippen molar-refractivity contribution in [1.29, 1.82) is 0 Å². The number of nitrogens with zero attached hydrogens (tertiary/aromatic N) is 1. The minimum absolute atomic E-state index is 0.00958. The lowest BCUT2D eigenvalue weighted by Crippen LogP contribution is -2.47. The zero-order chi connectivity index (χ0) is 18.0. The maximum atomic E-state index is 12.5. The van der Waals surface area contributed by atoms with Crippen LogP contribution in [0.2, 0.25) is 0 Å². The Morgan fingerprint density at radius 2 is 1.96 bits per heavy atom. The molecular weight excluding hydrogens is 338 g/mol. The van der Waals surface area contributed by atoms with Crippen LogP contribution in [0.1, 0.15) is 31.0 Å². The third-order valence-electron chi connectivity index (χ3n) is 4.94. The van der Waals surface area contributed by atoms with Crippen LogP contribution in [0.4, 0.5) is 0 Å². The molecule has 3 rings (SSSR count). The molecule has 0 aliphatic carbocycles. The largest absolute Gasteiger partial charge is 0.358 e. The van der Waals surface area contributed by atoms with Gasteiger partial charge < -0.3 is 10.3 Å². The van der Waals surface area contributed by atoms with Crippen LogP contribution in [-0.4, -0.2) is 48.5 Å². The van der Waals surface area contributed by atoms with Crippen LogP contribution in [-0.2, 0) is 21.2 Å². The van der Waals surface area contributed by atoms with E-state index >= 15 is 0 Å². The number of sulfonamides is 1. The second kappa shape index (κ2) is 7.17. The van der Waals surface area contributed by atoms with E-state index < -0.39 is 10.0 Å². The Morgan fingerprint density at radius 1 is 1.28 bits per heavy atom. The molecule has 25 heavy (non-hydrogen) atoms. The van der Waals surface area contributed by atoms with Gasteiger partial charge in [0.25, 0.3) is 0 Å². The molecule has 1 aliphatic heterocycles. The Hall–Kier alpha value is -1.86. The maximum absolute atomic E-state index is 12.5. The zero-order valence-electron chi connectivity index (χ0n) is 14.7. The molecule has 7 heteroatoms. The van der Waals surface area contributed by atoms with Gasteiger partial charge in [-0.2, -0.15) is 0 Å². The van der Waals surface area contributed by atoms with E-state index in [1.165, 1.54) is 4.31 Å². The van der Waals surface area contributed by atoms with Gasteiger partial charge in [-0.05, 0) is 38.3 Å². The van der Waals surface area contributed by atoms with Crippen LogP contribution in [0.5, 0.6) is 0 Å². The highest BCUT2D eigenvalue weighted by atomic mass is 32.2. The van der Waals surface area contributed by atoms with Crippen molar-refractivity contribution in [2.45, 2.75) is 39.2 Å². The van der Waals surface area contributed by atoms with Crippen LogP contribution < -0.4 is 5.32 Å². The van der Waals surface area contributed by atoms with Crippen molar-refractivity contribution in [3.05, 3.63) is 35.5 Å². The van der Waals surface area contributed by atoms with Crippen LogP contribution >= 0.6 is 0 Å². The maximum Gasteiger partial charge on any atom is 0.224 e. The number of hydrogen-bond acceptors (Lipinski definition) is 3. The number of piperidine rings is 1. The van der Waals surface area contributed by atoms with E-state index in [2.05, 4.69) is 10.3 Å². The van der Waals surface area contributed by atoms with Gasteiger partial charge >= 0.3 is 0 Å². The molecule has 1 saturated heterocycles. The van der Waals surface area contributed by atoms with Crippen LogP contribution in [0.15, 0.2) is 24.3 Å². The summed E-state index contributed by atoms with van der Waals surface area (Å²) in [5.41, 5.74) is 3.08. The molecule has 0 saturated carbocycles. The molecule has 6 nitrogen and oxygen atoms in total. The number of aryl methyl sites for hydroxylation is 1. The summed E-state index contributed by atoms with van der Waals surface area (Å²) in [7, 11) is -3.13. The Labute approximate surface area is 148 Å². The van der Waals surface area contributed by atoms with Gasteiger partial charge in [-0.1, -0.05) is 18.2 Å². The Kier molecular flexibility index (Phi) is 5.15. The van der Waals surface area contributed by atoms with E-state index in [0.29, 0.717) is 32.4 Å². The van der Waals surface area contributed by atoms with E-state index in [9.17, 15) is 13.2 Å². The summed E-state index contributed by atoms with van der Waals surface area (Å²) < 4.78 is 25.3. The number of aromatic nitrogens is 1. The fraction of sp³-hybridized carbons (Fsp3) is 0.500. The molecule has 0 atom stereocenters. The average molecular weight is 363 g/mol. The number of H-pyrrole nitrogens is 1. The molecule has 1 aromatic heterocycles. The highest BCUT2D eigenvalue weighted by Gasteiger charge is 2.27. The molecule has 2 heterocycles. The van der Waals surface area contributed by atoms with Crippen LogP contribution in [0.25, 0.3) is 10.9 Å². The quantitative estimate of drug-likeness (QED) is 0.852. The fourth-order valence-corrected chi connectivity index (χ4v) is 4.59. The lowest BCUT2D eigenvalue weighted by Gasteiger charge is -2.31. The minimum atomic E-state index is -3.13. The minimum Gasteiger partial charge on any atom is -0.358 e. The summed E-state index contributed by atoms with van der Waals surface area (Å²) in [6.07, 6.45) is 1.67. The molecule has 0 unspecified atom stereocenters. The summed E-state index contributed by atoms with van der Waals surface area (Å²) in [4.78, 5) is 15.8. The summed E-state index contributed by atoms with van der Waals surface area (Å²) in [6.45, 7) is 4.60. The summed E-state index contributed by atoms with van der Waals surface area (Å²) >= 11 is 0. The Bertz CT molecular complexity index is 865. The second-order valence-electron chi connectivity index (χ2n) is 6.59. The van der Waals surface area contributed by atoms with Gasteiger partial charge in [-0.3, -0.25) is 4.79 Å². The van der Waals surface area contributed by atoms with Crippen LogP contribution in [0.3, 0.4) is 0 Å². The molecule has 1 amide bonds. The first kappa shape index (κ1) is 17.9. The van der Waals surface area contributed by atoms with Crippen molar-refractivity contribution >= 4 is 26.8 Å². The lowest BCUT2D eigenvalue weighted by molar-refractivity contribution is -0.121. The van der Waals surface area contributed by atoms with E-state index in [-0.39, 0.29) is 17.7 Å². The van der Waals surface area contributed by atoms with Crippen molar-refractivity contribution in [2.24, 2.45) is 0 Å². The number of carbonyl (C=O) groups excluding carboxylic acids is 1. The third kappa shape index (κ3) is 3.88. The molecule has 0 spiro atoms. The molecule has 2 N–H and O–H groups in total. The van der Waals surface area contributed by atoms with E-state index in [0.717, 1.165) is 22.2 Å². The predicted molar refractivity (Wildman–Crippen MR) is 98.9 cm³/mol. The number of hydrogen-bond donors (Lipinski definition) is 2. The number of aromatic amines is 1. The third-order valence-corrected chi connectivity index (χ3v) is 6.82. The number of amides is 1. The first-order valence-corrected chi connectivity index (χ1v) is 10.3. The number of fused-ring (bicyclic) bond motifs is 1. The highest BCUT2D eigenvalue weighted by molar-refractivity contribution is 7.89. The summed E-state index contributed by atoms with van der Waals surface area (Å²) in [5.74, 6) is 0.119. The topological polar surface area (TPSA) is 82.3 Å². The summed E-state index contributed by atoms with van der Waals surface area (Å²) in [5, 5.41) is 4.15. The number of rotatable bonds is 5. The molecule has 2 aromatic rings. The lowest BCUT2D eigenvalue weighted by atomic mass is 10.0. The van der Waals surface area contributed by atoms with E-state index in [4.69, 9.17) is 0 Å². The molecular formula is C18H25N3O3S. The van der Waals surface area contributed by atoms with E-state index in [1.807, 2.05) is 31.2 Å². The van der Waals surface area contributed by atoms with Gasteiger partial charge in [0, 0.05) is 35.7 Å². The zero-order valence-corrected chi connectivity index (χ0v) is 15.5. The predicted octanol–water partition coefficient (Wildman–Crippen LogP) is 1.95. The monoisotopic (exact) mass is 363 g/mol. The fourth-order valence-electron chi connectivity index (χ4n) is 3.46. The Balaban J connectivity index is 1.59. The highest BCUT2D eigenvalue weighted by Crippen LogP contribution is 2.22. The normalized spacial score (nSPS) is 17.0. The van der Waals surface area contributed by atoms with Crippen molar-refractivity contribution in [2.75, 3.05) is 18.8 Å². The first-order valence-electron chi connectivity index (χ1n) is 8.74. The first-order chi connectivity index (χ1) is 11.9. The van der Waals surface area contributed by atoms with Crippen LogP contribution in [0, 0.1) is 6.92 Å². The smallest absolute Gasteiger partial charge is 0.224 e. The number of benzene rings is 1. The number of nitrogens with one attached hydrogen (secondary N) is 2. The van der Waals surface area contributed by atoms with Gasteiger partial charge in [-0.25, -0.2) is 12.7 Å². The van der Waals surface area contributed by atoms with Gasteiger partial charge in [0.2, 0.25) is 15.9 Å². The van der Waals surface area contributed by atoms with Gasteiger partial charge in [0.15, 0.2) is 0 Å². The standard InChI is InChI=1S/C18H25N3O3S/c1-3-25(23,24)21-10-8-14(9-11-21)20-18(22)12-16-13(2)19-17-7-5-4-6-15(16)17/h4-7,14,19H,3,8-12H2,1-2H3,(H,20,22). The van der Waals surface area contributed by atoms with Crippen molar-refractivity contribution in [3.63, 3.8) is 0 Å². The molecule has 1 fully saturated rings. The summed E-state index contributed by atoms with van der Waals surface area (Å²) in [6, 6.07) is 8.02. The second-order valence-corrected chi connectivity index (χ2v) is 8.85. The average Bonchev–Trinajstić information content (AvgIpc) is 2.91. The van der Waals surface area contributed by atoms with E-state index in [1.54, 1.807) is 6.92 Å².